The topological polar surface area (TPSA) is 70.3 Å². The van der Waals surface area contributed by atoms with E-state index in [1.54, 1.807) is 12.1 Å². The van der Waals surface area contributed by atoms with Crippen LogP contribution in [0.2, 0.25) is 0 Å². The molecule has 0 spiro atoms. The van der Waals surface area contributed by atoms with Gasteiger partial charge in [-0.25, -0.2) is 4.79 Å². The second-order valence-electron chi connectivity index (χ2n) is 4.76. The minimum atomic E-state index is -1.06. The molecule has 0 bridgehead atoms. The van der Waals surface area contributed by atoms with Crippen LogP contribution in [-0.2, 0) is 10.2 Å². The van der Waals surface area contributed by atoms with E-state index in [9.17, 15) is 4.79 Å². The number of nitriles is 1. The molecule has 90 valence electrons. The number of rotatable bonds is 3. The molecule has 1 aromatic carbocycles. The maximum Gasteiger partial charge on any atom is 0.341 e. The maximum absolute atomic E-state index is 10.4. The van der Waals surface area contributed by atoms with Gasteiger partial charge in [0.05, 0.1) is 5.56 Å². The van der Waals surface area contributed by atoms with Gasteiger partial charge in [-0.05, 0) is 23.1 Å². The van der Waals surface area contributed by atoms with Gasteiger partial charge in [0, 0.05) is 0 Å². The van der Waals surface area contributed by atoms with Crippen LogP contribution in [0.5, 0.6) is 5.75 Å². The number of benzene rings is 1. The number of nitrogens with zero attached hydrogens (tertiary/aromatic N) is 1. The molecule has 0 aromatic heterocycles. The van der Waals surface area contributed by atoms with E-state index in [-0.39, 0.29) is 5.41 Å². The van der Waals surface area contributed by atoms with Crippen molar-refractivity contribution in [3.05, 3.63) is 29.3 Å². The highest BCUT2D eigenvalue weighted by molar-refractivity contribution is 5.68. The van der Waals surface area contributed by atoms with Crippen LogP contribution < -0.4 is 4.74 Å². The van der Waals surface area contributed by atoms with Crippen molar-refractivity contribution in [3.8, 4) is 11.8 Å². The van der Waals surface area contributed by atoms with Gasteiger partial charge in [0.25, 0.3) is 0 Å². The smallest absolute Gasteiger partial charge is 0.341 e. The number of hydrogen-bond acceptors (Lipinski definition) is 3. The van der Waals surface area contributed by atoms with Crippen LogP contribution in [0, 0.1) is 11.3 Å². The Kier molecular flexibility index (Phi) is 3.74. The molecule has 0 aliphatic rings. The number of ether oxygens (including phenoxy) is 1. The van der Waals surface area contributed by atoms with E-state index in [1.807, 2.05) is 32.9 Å². The minimum Gasteiger partial charge on any atom is -0.481 e. The second kappa shape index (κ2) is 4.88. The Morgan fingerprint density at radius 3 is 2.59 bits per heavy atom. The van der Waals surface area contributed by atoms with E-state index in [0.29, 0.717) is 11.3 Å². The van der Waals surface area contributed by atoms with Crippen LogP contribution >= 0.6 is 0 Å². The molecule has 0 atom stereocenters. The largest absolute Gasteiger partial charge is 0.481 e. The zero-order valence-corrected chi connectivity index (χ0v) is 10.2. The summed E-state index contributed by atoms with van der Waals surface area (Å²) in [6, 6.07) is 7.21. The lowest BCUT2D eigenvalue weighted by Gasteiger charge is -2.20. The predicted molar refractivity (Wildman–Crippen MR) is 63.0 cm³/mol. The number of carboxylic acid groups (broad SMARTS) is 1. The fraction of sp³-hybridized carbons (Fsp3) is 0.385. The quantitative estimate of drug-likeness (QED) is 0.869. The second-order valence-corrected chi connectivity index (χ2v) is 4.76. The summed E-state index contributed by atoms with van der Waals surface area (Å²) in [6.07, 6.45) is 0. The van der Waals surface area contributed by atoms with Crippen molar-refractivity contribution < 1.29 is 14.6 Å². The molecule has 0 radical (unpaired) electrons. The molecule has 0 saturated carbocycles. The molecule has 1 rings (SSSR count). The van der Waals surface area contributed by atoms with Crippen molar-refractivity contribution in [2.75, 3.05) is 6.61 Å². The molecule has 0 fully saturated rings. The summed E-state index contributed by atoms with van der Waals surface area (Å²) in [6.45, 7) is 5.67. The van der Waals surface area contributed by atoms with Gasteiger partial charge in [0.15, 0.2) is 6.61 Å². The Morgan fingerprint density at radius 2 is 2.12 bits per heavy atom. The summed E-state index contributed by atoms with van der Waals surface area (Å²) >= 11 is 0. The third-order valence-electron chi connectivity index (χ3n) is 2.32. The zero-order chi connectivity index (χ0) is 13.1. The fourth-order valence-electron chi connectivity index (χ4n) is 1.34. The molecule has 0 aliphatic carbocycles. The van der Waals surface area contributed by atoms with Crippen molar-refractivity contribution in [3.63, 3.8) is 0 Å². The number of carbonyl (C=O) groups is 1. The molecular formula is C13H15NO3. The van der Waals surface area contributed by atoms with Gasteiger partial charge in [-0.2, -0.15) is 5.26 Å². The van der Waals surface area contributed by atoms with Crippen LogP contribution in [-0.4, -0.2) is 17.7 Å². The molecule has 0 saturated heterocycles. The van der Waals surface area contributed by atoms with Gasteiger partial charge < -0.3 is 9.84 Å². The fourth-order valence-corrected chi connectivity index (χ4v) is 1.34. The molecule has 0 aliphatic heterocycles. The maximum atomic E-state index is 10.4. The molecule has 17 heavy (non-hydrogen) atoms. The number of aliphatic carboxylic acids is 1. The van der Waals surface area contributed by atoms with Gasteiger partial charge in [0.2, 0.25) is 0 Å². The Labute approximate surface area is 100 Å². The van der Waals surface area contributed by atoms with Gasteiger partial charge in [-0.1, -0.05) is 26.8 Å². The first-order chi connectivity index (χ1) is 7.84. The standard InChI is InChI=1S/C13H15NO3/c1-13(2,3)10-5-4-9(7-14)11(6-10)17-8-12(15)16/h4-6H,8H2,1-3H3,(H,15,16). The molecule has 4 nitrogen and oxygen atoms in total. The van der Waals surface area contributed by atoms with E-state index < -0.39 is 12.6 Å². The Hall–Kier alpha value is -2.02. The van der Waals surface area contributed by atoms with E-state index in [4.69, 9.17) is 15.1 Å². The summed E-state index contributed by atoms with van der Waals surface area (Å²) in [5.74, 6) is -0.739. The van der Waals surface area contributed by atoms with Gasteiger partial charge in [-0.15, -0.1) is 0 Å². The highest BCUT2D eigenvalue weighted by Gasteiger charge is 2.16. The molecule has 1 N–H and O–H groups in total. The van der Waals surface area contributed by atoms with Gasteiger partial charge >= 0.3 is 5.97 Å². The molecule has 0 heterocycles. The lowest BCUT2D eigenvalue weighted by atomic mass is 9.86. The van der Waals surface area contributed by atoms with E-state index >= 15 is 0 Å². The summed E-state index contributed by atoms with van der Waals surface area (Å²) in [4.78, 5) is 10.4. The lowest BCUT2D eigenvalue weighted by Crippen LogP contribution is -2.13. The normalized spacial score (nSPS) is 10.7. The van der Waals surface area contributed by atoms with Crippen LogP contribution in [0.1, 0.15) is 31.9 Å². The Balaban J connectivity index is 3.08. The summed E-state index contributed by atoms with van der Waals surface area (Å²) in [7, 11) is 0. The van der Waals surface area contributed by atoms with Crippen molar-refractivity contribution in [1.29, 1.82) is 5.26 Å². The SMILES string of the molecule is CC(C)(C)c1ccc(C#N)c(OCC(=O)O)c1. The predicted octanol–water partition coefficient (Wildman–Crippen LogP) is 2.32. The lowest BCUT2D eigenvalue weighted by molar-refractivity contribution is -0.139. The van der Waals surface area contributed by atoms with Crippen LogP contribution in [0.4, 0.5) is 0 Å². The molecule has 4 heteroatoms. The first-order valence-corrected chi connectivity index (χ1v) is 5.24. The Bertz CT molecular complexity index is 467. The zero-order valence-electron chi connectivity index (χ0n) is 10.2. The minimum absolute atomic E-state index is 0.0741. The van der Waals surface area contributed by atoms with Crippen LogP contribution in [0.3, 0.4) is 0 Å². The number of carboxylic acids is 1. The van der Waals surface area contributed by atoms with Gasteiger partial charge in [0.1, 0.15) is 11.8 Å². The van der Waals surface area contributed by atoms with Crippen molar-refractivity contribution in [1.82, 2.24) is 0 Å². The van der Waals surface area contributed by atoms with Crippen LogP contribution in [0.25, 0.3) is 0 Å². The van der Waals surface area contributed by atoms with Crippen molar-refractivity contribution >= 4 is 5.97 Å². The third-order valence-corrected chi connectivity index (χ3v) is 2.32. The highest BCUT2D eigenvalue weighted by Crippen LogP contribution is 2.28. The highest BCUT2D eigenvalue weighted by atomic mass is 16.5. The molecular weight excluding hydrogens is 218 g/mol. The first-order valence-electron chi connectivity index (χ1n) is 5.24. The summed E-state index contributed by atoms with van der Waals surface area (Å²) < 4.78 is 5.10. The number of hydrogen-bond donors (Lipinski definition) is 1. The monoisotopic (exact) mass is 233 g/mol. The van der Waals surface area contributed by atoms with E-state index in [2.05, 4.69) is 0 Å². The summed E-state index contributed by atoms with van der Waals surface area (Å²) in [5.41, 5.74) is 1.27. The molecule has 0 amide bonds. The average molecular weight is 233 g/mol. The Morgan fingerprint density at radius 1 is 1.47 bits per heavy atom. The summed E-state index contributed by atoms with van der Waals surface area (Å²) in [5, 5.41) is 17.5. The van der Waals surface area contributed by atoms with E-state index in [1.165, 1.54) is 0 Å². The van der Waals surface area contributed by atoms with E-state index in [0.717, 1.165) is 5.56 Å². The third kappa shape index (κ3) is 3.49. The van der Waals surface area contributed by atoms with Gasteiger partial charge in [-0.3, -0.25) is 0 Å². The molecule has 0 unspecified atom stereocenters. The van der Waals surface area contributed by atoms with Crippen molar-refractivity contribution in [2.45, 2.75) is 26.2 Å². The average Bonchev–Trinajstić information content (AvgIpc) is 2.24. The van der Waals surface area contributed by atoms with Crippen molar-refractivity contribution in [2.24, 2.45) is 0 Å². The molecule has 1 aromatic rings. The first kappa shape index (κ1) is 13.0. The van der Waals surface area contributed by atoms with Crippen LogP contribution in [0.15, 0.2) is 18.2 Å².